The standard InChI is InChI=1S/C19H20Cl2N2O/c1-22-17(11-15(20)18(22)21)19(24)23(13-9-10-13)16-8-4-6-12-5-2-3-7-14(12)16/h2-3,5,7,11,13,16H,4,6,8-10H2,1H3. The number of fused-ring (bicyclic) bond motifs is 1. The minimum Gasteiger partial charge on any atom is -0.329 e. The number of hydrogen-bond donors (Lipinski definition) is 0. The molecule has 0 spiro atoms. The summed E-state index contributed by atoms with van der Waals surface area (Å²) >= 11 is 12.3. The van der Waals surface area contributed by atoms with Gasteiger partial charge in [0.05, 0.1) is 11.1 Å². The summed E-state index contributed by atoms with van der Waals surface area (Å²) in [6.45, 7) is 0. The van der Waals surface area contributed by atoms with Crippen molar-refractivity contribution < 1.29 is 4.79 Å². The quantitative estimate of drug-likeness (QED) is 0.752. The number of halogens is 2. The summed E-state index contributed by atoms with van der Waals surface area (Å²) in [5.74, 6) is 0.0375. The molecule has 1 fully saturated rings. The van der Waals surface area contributed by atoms with Crippen molar-refractivity contribution in [1.82, 2.24) is 9.47 Å². The smallest absolute Gasteiger partial charge is 0.271 e. The molecule has 1 aromatic carbocycles. The molecule has 0 saturated heterocycles. The third-order valence-electron chi connectivity index (χ3n) is 5.18. The molecule has 0 aliphatic heterocycles. The summed E-state index contributed by atoms with van der Waals surface area (Å²) in [6.07, 6.45) is 5.39. The van der Waals surface area contributed by atoms with E-state index in [0.717, 1.165) is 32.1 Å². The van der Waals surface area contributed by atoms with Gasteiger partial charge in [-0.2, -0.15) is 0 Å². The summed E-state index contributed by atoms with van der Waals surface area (Å²) in [7, 11) is 1.79. The van der Waals surface area contributed by atoms with Crippen LogP contribution in [0.5, 0.6) is 0 Å². The summed E-state index contributed by atoms with van der Waals surface area (Å²) in [4.78, 5) is 15.4. The number of rotatable bonds is 3. The molecule has 0 N–H and O–H groups in total. The normalized spacial score (nSPS) is 19.9. The zero-order chi connectivity index (χ0) is 16.8. The Kier molecular flexibility index (Phi) is 4.09. The molecule has 1 unspecified atom stereocenters. The largest absolute Gasteiger partial charge is 0.329 e. The molecule has 5 heteroatoms. The lowest BCUT2D eigenvalue weighted by atomic mass is 9.86. The Labute approximate surface area is 152 Å². The molecule has 1 saturated carbocycles. The fourth-order valence-corrected chi connectivity index (χ4v) is 4.19. The third-order valence-corrected chi connectivity index (χ3v) is 6.03. The first-order valence-electron chi connectivity index (χ1n) is 8.49. The SMILES string of the molecule is Cn1c(C(=O)N(C2CC2)C2CCCc3ccccc32)cc(Cl)c1Cl. The highest BCUT2D eigenvalue weighted by atomic mass is 35.5. The van der Waals surface area contributed by atoms with E-state index in [4.69, 9.17) is 23.2 Å². The van der Waals surface area contributed by atoms with Gasteiger partial charge < -0.3 is 9.47 Å². The molecule has 126 valence electrons. The predicted molar refractivity (Wildman–Crippen MR) is 96.7 cm³/mol. The molecule has 3 nitrogen and oxygen atoms in total. The maximum Gasteiger partial charge on any atom is 0.271 e. The van der Waals surface area contributed by atoms with Crippen LogP contribution < -0.4 is 0 Å². The van der Waals surface area contributed by atoms with Crippen LogP contribution in [-0.4, -0.2) is 21.4 Å². The summed E-state index contributed by atoms with van der Waals surface area (Å²) in [5.41, 5.74) is 3.24. The zero-order valence-electron chi connectivity index (χ0n) is 13.6. The number of benzene rings is 1. The lowest BCUT2D eigenvalue weighted by Crippen LogP contribution is -2.39. The van der Waals surface area contributed by atoms with Gasteiger partial charge in [0.1, 0.15) is 10.8 Å². The van der Waals surface area contributed by atoms with Crippen LogP contribution in [0.2, 0.25) is 10.2 Å². The number of amides is 1. The lowest BCUT2D eigenvalue weighted by Gasteiger charge is -2.36. The van der Waals surface area contributed by atoms with Crippen molar-refractivity contribution in [3.8, 4) is 0 Å². The second kappa shape index (κ2) is 6.12. The van der Waals surface area contributed by atoms with Crippen molar-refractivity contribution in [2.75, 3.05) is 0 Å². The first kappa shape index (κ1) is 16.0. The Hall–Kier alpha value is -1.45. The Balaban J connectivity index is 1.73. The Morgan fingerprint density at radius 3 is 2.62 bits per heavy atom. The lowest BCUT2D eigenvalue weighted by molar-refractivity contribution is 0.0628. The molecule has 1 amide bonds. The monoisotopic (exact) mass is 362 g/mol. The molecule has 24 heavy (non-hydrogen) atoms. The minimum atomic E-state index is 0.0375. The van der Waals surface area contributed by atoms with Crippen molar-refractivity contribution >= 4 is 29.1 Å². The molecule has 2 aliphatic rings. The van der Waals surface area contributed by atoms with Gasteiger partial charge in [-0.15, -0.1) is 0 Å². The van der Waals surface area contributed by atoms with E-state index in [1.54, 1.807) is 17.7 Å². The molecule has 2 aliphatic carbocycles. The number of hydrogen-bond acceptors (Lipinski definition) is 1. The Morgan fingerprint density at radius 1 is 1.21 bits per heavy atom. The topological polar surface area (TPSA) is 25.2 Å². The highest BCUT2D eigenvalue weighted by Gasteiger charge is 2.40. The number of nitrogens with zero attached hydrogens (tertiary/aromatic N) is 2. The molecule has 1 aromatic heterocycles. The van der Waals surface area contributed by atoms with E-state index < -0.39 is 0 Å². The predicted octanol–water partition coefficient (Wildman–Crippen LogP) is 5.01. The van der Waals surface area contributed by atoms with Crippen molar-refractivity contribution in [1.29, 1.82) is 0 Å². The highest BCUT2D eigenvalue weighted by Crippen LogP contribution is 2.42. The van der Waals surface area contributed by atoms with E-state index in [1.165, 1.54) is 11.1 Å². The van der Waals surface area contributed by atoms with Gasteiger partial charge in [-0.3, -0.25) is 4.79 Å². The molecule has 1 heterocycles. The third kappa shape index (κ3) is 2.64. The minimum absolute atomic E-state index is 0.0375. The van der Waals surface area contributed by atoms with E-state index in [1.807, 2.05) is 0 Å². The van der Waals surface area contributed by atoms with Gasteiger partial charge in [0.15, 0.2) is 0 Å². The second-order valence-corrected chi connectivity index (χ2v) is 7.54. The van der Waals surface area contributed by atoms with E-state index in [9.17, 15) is 4.79 Å². The molecule has 0 bridgehead atoms. The fourth-order valence-electron chi connectivity index (χ4n) is 3.81. The first-order valence-corrected chi connectivity index (χ1v) is 9.24. The highest BCUT2D eigenvalue weighted by molar-refractivity contribution is 6.41. The van der Waals surface area contributed by atoms with Crippen LogP contribution in [0.25, 0.3) is 0 Å². The maximum absolute atomic E-state index is 13.3. The summed E-state index contributed by atoms with van der Waals surface area (Å²) in [6, 6.07) is 10.7. The van der Waals surface area contributed by atoms with Crippen LogP contribution in [0, 0.1) is 0 Å². The fraction of sp³-hybridized carbons (Fsp3) is 0.421. The average Bonchev–Trinajstić information content (AvgIpc) is 3.39. The summed E-state index contributed by atoms with van der Waals surface area (Å²) in [5, 5.41) is 0.849. The van der Waals surface area contributed by atoms with Crippen LogP contribution in [0.3, 0.4) is 0 Å². The second-order valence-electron chi connectivity index (χ2n) is 6.78. The van der Waals surface area contributed by atoms with Crippen molar-refractivity contribution in [3.05, 3.63) is 57.3 Å². The molecule has 0 radical (unpaired) electrons. The van der Waals surface area contributed by atoms with E-state index in [2.05, 4.69) is 29.2 Å². The molecule has 1 atom stereocenters. The van der Waals surface area contributed by atoms with Crippen LogP contribution >= 0.6 is 23.2 Å². The summed E-state index contributed by atoms with van der Waals surface area (Å²) < 4.78 is 1.69. The molecule has 4 rings (SSSR count). The van der Waals surface area contributed by atoms with Crippen LogP contribution in [0.15, 0.2) is 30.3 Å². The number of carbonyl (C=O) groups is 1. The number of aryl methyl sites for hydroxylation is 1. The molecular weight excluding hydrogens is 343 g/mol. The van der Waals surface area contributed by atoms with Crippen LogP contribution in [-0.2, 0) is 13.5 Å². The number of carbonyl (C=O) groups excluding carboxylic acids is 1. The average molecular weight is 363 g/mol. The maximum atomic E-state index is 13.3. The Morgan fingerprint density at radius 2 is 1.96 bits per heavy atom. The molecule has 2 aromatic rings. The molecular formula is C19H20Cl2N2O. The van der Waals surface area contributed by atoms with Gasteiger partial charge in [-0.1, -0.05) is 47.5 Å². The zero-order valence-corrected chi connectivity index (χ0v) is 15.1. The number of aromatic nitrogens is 1. The van der Waals surface area contributed by atoms with E-state index in [-0.39, 0.29) is 11.9 Å². The van der Waals surface area contributed by atoms with Gasteiger partial charge in [0, 0.05) is 13.1 Å². The van der Waals surface area contributed by atoms with Gasteiger partial charge >= 0.3 is 0 Å². The van der Waals surface area contributed by atoms with Crippen molar-refractivity contribution in [3.63, 3.8) is 0 Å². The van der Waals surface area contributed by atoms with Crippen molar-refractivity contribution in [2.24, 2.45) is 7.05 Å². The van der Waals surface area contributed by atoms with E-state index >= 15 is 0 Å². The van der Waals surface area contributed by atoms with Gasteiger partial charge in [-0.25, -0.2) is 0 Å². The van der Waals surface area contributed by atoms with Crippen molar-refractivity contribution in [2.45, 2.75) is 44.2 Å². The Bertz CT molecular complexity index is 795. The van der Waals surface area contributed by atoms with E-state index in [0.29, 0.717) is 21.9 Å². The van der Waals surface area contributed by atoms with Gasteiger partial charge in [0.2, 0.25) is 0 Å². The van der Waals surface area contributed by atoms with Crippen LogP contribution in [0.4, 0.5) is 0 Å². The first-order chi connectivity index (χ1) is 11.6. The van der Waals surface area contributed by atoms with Gasteiger partial charge in [0.25, 0.3) is 5.91 Å². The van der Waals surface area contributed by atoms with Gasteiger partial charge in [-0.05, 0) is 49.3 Å². The van der Waals surface area contributed by atoms with Crippen LogP contribution in [0.1, 0.15) is 53.3 Å².